The van der Waals surface area contributed by atoms with Crippen molar-refractivity contribution in [2.45, 2.75) is 11.4 Å². The van der Waals surface area contributed by atoms with E-state index in [1.807, 2.05) is 0 Å². The summed E-state index contributed by atoms with van der Waals surface area (Å²) in [7, 11) is -3.51. The van der Waals surface area contributed by atoms with Crippen LogP contribution < -0.4 is 4.72 Å². The summed E-state index contributed by atoms with van der Waals surface area (Å²) >= 11 is 11.7. The quantitative estimate of drug-likeness (QED) is 0.939. The molecule has 100 valence electrons. The van der Waals surface area contributed by atoms with Crippen molar-refractivity contribution >= 4 is 33.2 Å². The van der Waals surface area contributed by atoms with Crippen molar-refractivity contribution in [3.63, 3.8) is 0 Å². The van der Waals surface area contributed by atoms with E-state index in [0.717, 1.165) is 5.56 Å². The highest BCUT2D eigenvalue weighted by atomic mass is 35.5. The number of nitrogens with one attached hydrogen (secondary N) is 1. The molecule has 19 heavy (non-hydrogen) atoms. The lowest BCUT2D eigenvalue weighted by Gasteiger charge is -2.07. The van der Waals surface area contributed by atoms with Crippen LogP contribution in [-0.4, -0.2) is 8.42 Å². The van der Waals surface area contributed by atoms with Gasteiger partial charge in [0.15, 0.2) is 0 Å². The maximum Gasteiger partial charge on any atom is 0.240 e. The monoisotopic (exact) mass is 315 g/mol. The SMILES string of the molecule is O=S(=O)(NCc1ccc(Cl)c(Cl)c1)c1ccccc1. The highest BCUT2D eigenvalue weighted by Crippen LogP contribution is 2.22. The third-order valence-corrected chi connectivity index (χ3v) is 4.66. The molecule has 0 unspecified atom stereocenters. The lowest BCUT2D eigenvalue weighted by molar-refractivity contribution is 0.581. The van der Waals surface area contributed by atoms with Gasteiger partial charge in [-0.25, -0.2) is 13.1 Å². The van der Waals surface area contributed by atoms with E-state index in [2.05, 4.69) is 4.72 Å². The van der Waals surface area contributed by atoms with E-state index in [0.29, 0.717) is 10.0 Å². The number of halogens is 2. The molecule has 0 aliphatic carbocycles. The first-order valence-corrected chi connectivity index (χ1v) is 7.71. The zero-order valence-electron chi connectivity index (χ0n) is 9.81. The van der Waals surface area contributed by atoms with Gasteiger partial charge in [0.1, 0.15) is 0 Å². The maximum atomic E-state index is 12.0. The second kappa shape index (κ2) is 5.92. The minimum Gasteiger partial charge on any atom is -0.207 e. The first-order valence-electron chi connectivity index (χ1n) is 5.48. The normalized spacial score (nSPS) is 11.5. The van der Waals surface area contributed by atoms with Crippen molar-refractivity contribution in [1.82, 2.24) is 4.72 Å². The van der Waals surface area contributed by atoms with Crippen LogP contribution >= 0.6 is 23.2 Å². The summed E-state index contributed by atoms with van der Waals surface area (Å²) in [6.45, 7) is 0.161. The van der Waals surface area contributed by atoms with E-state index in [-0.39, 0.29) is 11.4 Å². The Morgan fingerprint density at radius 3 is 2.26 bits per heavy atom. The van der Waals surface area contributed by atoms with Gasteiger partial charge in [-0.1, -0.05) is 47.5 Å². The van der Waals surface area contributed by atoms with Gasteiger partial charge in [0.25, 0.3) is 0 Å². The van der Waals surface area contributed by atoms with Crippen LogP contribution in [-0.2, 0) is 16.6 Å². The topological polar surface area (TPSA) is 46.2 Å². The second-order valence-corrected chi connectivity index (χ2v) is 6.47. The lowest BCUT2D eigenvalue weighted by atomic mass is 10.2. The number of hydrogen-bond acceptors (Lipinski definition) is 2. The molecule has 0 fully saturated rings. The third kappa shape index (κ3) is 3.70. The average molecular weight is 316 g/mol. The van der Waals surface area contributed by atoms with Crippen LogP contribution in [0.5, 0.6) is 0 Å². The van der Waals surface area contributed by atoms with Gasteiger partial charge in [-0.3, -0.25) is 0 Å². The van der Waals surface area contributed by atoms with Gasteiger partial charge >= 0.3 is 0 Å². The molecule has 0 heterocycles. The Labute approximate surface area is 122 Å². The predicted octanol–water partition coefficient (Wildman–Crippen LogP) is 3.47. The molecule has 0 bridgehead atoms. The molecule has 0 aromatic heterocycles. The summed E-state index contributed by atoms with van der Waals surface area (Å²) < 4.78 is 26.5. The zero-order chi connectivity index (χ0) is 13.9. The number of benzene rings is 2. The molecule has 0 aliphatic heterocycles. The largest absolute Gasteiger partial charge is 0.240 e. The summed E-state index contributed by atoms with van der Waals surface area (Å²) in [6, 6.07) is 13.2. The molecule has 0 atom stereocenters. The van der Waals surface area contributed by atoms with Crippen molar-refractivity contribution in [1.29, 1.82) is 0 Å². The molecule has 2 aromatic rings. The third-order valence-electron chi connectivity index (χ3n) is 2.50. The van der Waals surface area contributed by atoms with Gasteiger partial charge in [0.05, 0.1) is 14.9 Å². The molecule has 6 heteroatoms. The summed E-state index contributed by atoms with van der Waals surface area (Å²) in [5, 5.41) is 0.842. The fourth-order valence-electron chi connectivity index (χ4n) is 1.51. The molecule has 0 radical (unpaired) electrons. The number of sulfonamides is 1. The van der Waals surface area contributed by atoms with Gasteiger partial charge in [0.2, 0.25) is 10.0 Å². The first kappa shape index (κ1) is 14.3. The van der Waals surface area contributed by atoms with Gasteiger partial charge in [-0.2, -0.15) is 0 Å². The predicted molar refractivity (Wildman–Crippen MR) is 76.9 cm³/mol. The average Bonchev–Trinajstić information content (AvgIpc) is 2.41. The molecule has 2 rings (SSSR count). The Bertz CT molecular complexity index is 672. The fourth-order valence-corrected chi connectivity index (χ4v) is 2.87. The van der Waals surface area contributed by atoms with Crippen LogP contribution in [0.2, 0.25) is 10.0 Å². The molecular formula is C13H11Cl2NO2S. The highest BCUT2D eigenvalue weighted by Gasteiger charge is 2.12. The Kier molecular flexibility index (Phi) is 4.47. The van der Waals surface area contributed by atoms with Crippen LogP contribution in [0, 0.1) is 0 Å². The van der Waals surface area contributed by atoms with E-state index in [1.54, 1.807) is 36.4 Å². The first-order chi connectivity index (χ1) is 8.99. The van der Waals surface area contributed by atoms with Crippen molar-refractivity contribution in [3.05, 3.63) is 64.1 Å². The van der Waals surface area contributed by atoms with Crippen LogP contribution in [0.1, 0.15) is 5.56 Å². The van der Waals surface area contributed by atoms with E-state index in [9.17, 15) is 8.42 Å². The number of rotatable bonds is 4. The summed E-state index contributed by atoms with van der Waals surface area (Å²) in [5.74, 6) is 0. The van der Waals surface area contributed by atoms with Gasteiger partial charge in [-0.05, 0) is 29.8 Å². The summed E-state index contributed by atoms with van der Waals surface area (Å²) in [6.07, 6.45) is 0. The Morgan fingerprint density at radius 1 is 0.947 bits per heavy atom. The molecule has 0 saturated carbocycles. The zero-order valence-corrected chi connectivity index (χ0v) is 12.1. The molecule has 0 spiro atoms. The second-order valence-electron chi connectivity index (χ2n) is 3.89. The van der Waals surface area contributed by atoms with Gasteiger partial charge < -0.3 is 0 Å². The van der Waals surface area contributed by atoms with E-state index >= 15 is 0 Å². The molecule has 0 aliphatic rings. The Hall–Kier alpha value is -1.07. The highest BCUT2D eigenvalue weighted by molar-refractivity contribution is 7.89. The van der Waals surface area contributed by atoms with E-state index in [4.69, 9.17) is 23.2 Å². The van der Waals surface area contributed by atoms with Crippen molar-refractivity contribution in [2.24, 2.45) is 0 Å². The van der Waals surface area contributed by atoms with Gasteiger partial charge in [-0.15, -0.1) is 0 Å². The molecule has 0 amide bonds. The summed E-state index contributed by atoms with van der Waals surface area (Å²) in [4.78, 5) is 0.232. The Balaban J connectivity index is 2.12. The van der Waals surface area contributed by atoms with Crippen LogP contribution in [0.4, 0.5) is 0 Å². The van der Waals surface area contributed by atoms with E-state index < -0.39 is 10.0 Å². The maximum absolute atomic E-state index is 12.0. The standard InChI is InChI=1S/C13H11Cl2NO2S/c14-12-7-6-10(8-13(12)15)9-16-19(17,18)11-4-2-1-3-5-11/h1-8,16H,9H2. The van der Waals surface area contributed by atoms with Gasteiger partial charge in [0, 0.05) is 6.54 Å². The van der Waals surface area contributed by atoms with Crippen molar-refractivity contribution in [3.8, 4) is 0 Å². The minimum atomic E-state index is -3.51. The number of hydrogen-bond donors (Lipinski definition) is 1. The van der Waals surface area contributed by atoms with E-state index in [1.165, 1.54) is 12.1 Å². The molecule has 3 nitrogen and oxygen atoms in total. The molecule has 2 aromatic carbocycles. The summed E-state index contributed by atoms with van der Waals surface area (Å²) in [5.41, 5.74) is 0.744. The van der Waals surface area contributed by atoms with Crippen LogP contribution in [0.15, 0.2) is 53.4 Å². The fraction of sp³-hybridized carbons (Fsp3) is 0.0769. The molecule has 0 saturated heterocycles. The van der Waals surface area contributed by atoms with Crippen molar-refractivity contribution < 1.29 is 8.42 Å². The molecule has 1 N–H and O–H groups in total. The Morgan fingerprint density at radius 2 is 1.63 bits per heavy atom. The van der Waals surface area contributed by atoms with Crippen LogP contribution in [0.3, 0.4) is 0 Å². The lowest BCUT2D eigenvalue weighted by Crippen LogP contribution is -2.23. The smallest absolute Gasteiger partial charge is 0.207 e. The van der Waals surface area contributed by atoms with Crippen LogP contribution in [0.25, 0.3) is 0 Å². The van der Waals surface area contributed by atoms with Crippen molar-refractivity contribution in [2.75, 3.05) is 0 Å². The molecular weight excluding hydrogens is 305 g/mol. The minimum absolute atomic E-state index is 0.161.